The Kier molecular flexibility index (Phi) is 6.07. The van der Waals surface area contributed by atoms with Crippen LogP contribution in [0, 0.1) is 12.7 Å². The number of hydrazone groups is 1. The Balaban J connectivity index is 1.82. The van der Waals surface area contributed by atoms with Crippen molar-refractivity contribution in [3.05, 3.63) is 65.0 Å². The highest BCUT2D eigenvalue weighted by Gasteiger charge is 2.06. The van der Waals surface area contributed by atoms with Crippen LogP contribution >= 0.6 is 0 Å². The summed E-state index contributed by atoms with van der Waals surface area (Å²) in [6.07, 6.45) is 1.44. The van der Waals surface area contributed by atoms with E-state index in [1.165, 1.54) is 23.9 Å². The van der Waals surface area contributed by atoms with Crippen LogP contribution < -0.4 is 10.2 Å². The molecule has 5 heteroatoms. The molecule has 0 radical (unpaired) electrons. The summed E-state index contributed by atoms with van der Waals surface area (Å²) < 4.78 is 18.2. The van der Waals surface area contributed by atoms with Gasteiger partial charge in [0, 0.05) is 0 Å². The van der Waals surface area contributed by atoms with E-state index in [0.717, 1.165) is 5.56 Å². The van der Waals surface area contributed by atoms with Crippen molar-refractivity contribution in [2.75, 3.05) is 6.61 Å². The molecule has 0 fully saturated rings. The lowest BCUT2D eigenvalue weighted by Crippen LogP contribution is -2.24. The van der Waals surface area contributed by atoms with Crippen LogP contribution in [0.3, 0.4) is 0 Å². The second-order valence-corrected chi connectivity index (χ2v) is 5.81. The maximum Gasteiger partial charge on any atom is 0.277 e. The van der Waals surface area contributed by atoms with Gasteiger partial charge in [-0.25, -0.2) is 9.82 Å². The Bertz CT molecular complexity index is 725. The van der Waals surface area contributed by atoms with Crippen molar-refractivity contribution in [2.24, 2.45) is 5.10 Å². The number of carbonyl (C=O) groups is 1. The summed E-state index contributed by atoms with van der Waals surface area (Å²) in [6, 6.07) is 11.6. The van der Waals surface area contributed by atoms with Crippen LogP contribution in [0.2, 0.25) is 0 Å². The van der Waals surface area contributed by atoms with Gasteiger partial charge in [0.15, 0.2) is 6.61 Å². The van der Waals surface area contributed by atoms with Gasteiger partial charge in [-0.05, 0) is 53.8 Å². The average Bonchev–Trinajstić information content (AvgIpc) is 2.54. The quantitative estimate of drug-likeness (QED) is 0.648. The van der Waals surface area contributed by atoms with Crippen molar-refractivity contribution >= 4 is 12.1 Å². The summed E-state index contributed by atoms with van der Waals surface area (Å²) in [5.74, 6) is 0.417. The number of nitrogens with one attached hydrogen (secondary N) is 1. The van der Waals surface area contributed by atoms with E-state index in [9.17, 15) is 9.18 Å². The van der Waals surface area contributed by atoms with E-state index in [-0.39, 0.29) is 18.3 Å². The first-order valence-corrected chi connectivity index (χ1v) is 7.76. The number of nitrogens with zero attached hydrogens (tertiary/aromatic N) is 1. The summed E-state index contributed by atoms with van der Waals surface area (Å²) in [4.78, 5) is 11.7. The number of amides is 1. The molecule has 0 saturated heterocycles. The molecule has 0 bridgehead atoms. The van der Waals surface area contributed by atoms with Gasteiger partial charge in [0.1, 0.15) is 11.6 Å². The molecule has 1 N–H and O–H groups in total. The SMILES string of the molecule is Cc1cc(OCC(=O)N/N=C/c2ccc(F)cc2)ccc1C(C)C. The number of aryl methyl sites for hydroxylation is 1. The summed E-state index contributed by atoms with van der Waals surface area (Å²) in [5.41, 5.74) is 5.46. The van der Waals surface area contributed by atoms with Crippen LogP contribution in [0.4, 0.5) is 4.39 Å². The molecule has 0 unspecified atom stereocenters. The lowest BCUT2D eigenvalue weighted by atomic mass is 9.98. The van der Waals surface area contributed by atoms with Gasteiger partial charge in [-0.1, -0.05) is 32.0 Å². The number of rotatable bonds is 6. The summed E-state index contributed by atoms with van der Waals surface area (Å²) in [5, 5.41) is 3.81. The van der Waals surface area contributed by atoms with Crippen LogP contribution in [0.15, 0.2) is 47.6 Å². The molecule has 0 aromatic heterocycles. The Morgan fingerprint density at radius 3 is 2.58 bits per heavy atom. The topological polar surface area (TPSA) is 50.7 Å². The van der Waals surface area contributed by atoms with Crippen molar-refractivity contribution in [1.29, 1.82) is 0 Å². The molecule has 126 valence electrons. The Morgan fingerprint density at radius 2 is 1.96 bits per heavy atom. The highest BCUT2D eigenvalue weighted by atomic mass is 19.1. The van der Waals surface area contributed by atoms with E-state index in [4.69, 9.17) is 4.74 Å². The zero-order valence-electron chi connectivity index (χ0n) is 14.0. The van der Waals surface area contributed by atoms with Gasteiger partial charge in [-0.15, -0.1) is 0 Å². The molecule has 2 aromatic carbocycles. The highest BCUT2D eigenvalue weighted by Crippen LogP contribution is 2.23. The number of hydrogen-bond donors (Lipinski definition) is 1. The maximum absolute atomic E-state index is 12.8. The molecule has 24 heavy (non-hydrogen) atoms. The van der Waals surface area contributed by atoms with Crippen LogP contribution in [-0.4, -0.2) is 18.7 Å². The molecule has 2 aromatic rings. The van der Waals surface area contributed by atoms with E-state index < -0.39 is 0 Å². The smallest absolute Gasteiger partial charge is 0.277 e. The van der Waals surface area contributed by atoms with Crippen LogP contribution in [0.1, 0.15) is 36.5 Å². The molecule has 0 saturated carbocycles. The molecule has 0 spiro atoms. The fourth-order valence-corrected chi connectivity index (χ4v) is 2.29. The maximum atomic E-state index is 12.8. The van der Waals surface area contributed by atoms with E-state index in [0.29, 0.717) is 17.2 Å². The van der Waals surface area contributed by atoms with Crippen molar-refractivity contribution < 1.29 is 13.9 Å². The molecule has 0 heterocycles. The average molecular weight is 328 g/mol. The third kappa shape index (κ3) is 5.19. The number of benzene rings is 2. The first-order chi connectivity index (χ1) is 11.5. The van der Waals surface area contributed by atoms with Crippen molar-refractivity contribution in [3.63, 3.8) is 0 Å². The predicted molar refractivity (Wildman–Crippen MR) is 92.9 cm³/mol. The first kappa shape index (κ1) is 17.7. The normalized spacial score (nSPS) is 11.0. The van der Waals surface area contributed by atoms with Crippen LogP contribution in [0.25, 0.3) is 0 Å². The summed E-state index contributed by atoms with van der Waals surface area (Å²) in [7, 11) is 0. The molecule has 0 atom stereocenters. The fourth-order valence-electron chi connectivity index (χ4n) is 2.29. The number of hydrogen-bond acceptors (Lipinski definition) is 3. The molecule has 2 rings (SSSR count). The van der Waals surface area contributed by atoms with Crippen LogP contribution in [0.5, 0.6) is 5.75 Å². The molecular weight excluding hydrogens is 307 g/mol. The van der Waals surface area contributed by atoms with Gasteiger partial charge in [0.2, 0.25) is 0 Å². The molecule has 0 aliphatic carbocycles. The van der Waals surface area contributed by atoms with E-state index in [2.05, 4.69) is 24.4 Å². The summed E-state index contributed by atoms with van der Waals surface area (Å²) in [6.45, 7) is 6.17. The second kappa shape index (κ2) is 8.24. The largest absolute Gasteiger partial charge is 0.484 e. The van der Waals surface area contributed by atoms with Crippen molar-refractivity contribution in [1.82, 2.24) is 5.43 Å². The van der Waals surface area contributed by atoms with Gasteiger partial charge >= 0.3 is 0 Å². The molecular formula is C19H21FN2O2. The molecule has 0 aliphatic heterocycles. The zero-order chi connectivity index (χ0) is 17.5. The van der Waals surface area contributed by atoms with Crippen molar-refractivity contribution in [2.45, 2.75) is 26.7 Å². The van der Waals surface area contributed by atoms with E-state index in [1.807, 2.05) is 25.1 Å². The number of halogens is 1. The van der Waals surface area contributed by atoms with Crippen LogP contribution in [-0.2, 0) is 4.79 Å². The predicted octanol–water partition coefficient (Wildman–Crippen LogP) is 3.79. The second-order valence-electron chi connectivity index (χ2n) is 5.81. The summed E-state index contributed by atoms with van der Waals surface area (Å²) >= 11 is 0. The standard InChI is InChI=1S/C19H21FN2O2/c1-13(2)18-9-8-17(10-14(18)3)24-12-19(23)22-21-11-15-4-6-16(20)7-5-15/h4-11,13H,12H2,1-3H3,(H,22,23)/b21-11+. The number of ether oxygens (including phenoxy) is 1. The Morgan fingerprint density at radius 1 is 1.25 bits per heavy atom. The van der Waals surface area contributed by atoms with Gasteiger partial charge in [-0.3, -0.25) is 4.79 Å². The number of carbonyl (C=O) groups excluding carboxylic acids is 1. The van der Waals surface area contributed by atoms with Gasteiger partial charge in [0.25, 0.3) is 5.91 Å². The minimum atomic E-state index is -0.362. The molecule has 4 nitrogen and oxygen atoms in total. The lowest BCUT2D eigenvalue weighted by Gasteiger charge is -2.12. The molecule has 0 aliphatic rings. The minimum Gasteiger partial charge on any atom is -0.484 e. The highest BCUT2D eigenvalue weighted by molar-refractivity contribution is 5.82. The van der Waals surface area contributed by atoms with Crippen molar-refractivity contribution in [3.8, 4) is 5.75 Å². The van der Waals surface area contributed by atoms with Gasteiger partial charge in [-0.2, -0.15) is 5.10 Å². The van der Waals surface area contributed by atoms with Gasteiger partial charge in [0.05, 0.1) is 6.21 Å². The fraction of sp³-hybridized carbons (Fsp3) is 0.263. The molecule has 1 amide bonds. The Hall–Kier alpha value is -2.69. The lowest BCUT2D eigenvalue weighted by molar-refractivity contribution is -0.123. The van der Waals surface area contributed by atoms with Gasteiger partial charge < -0.3 is 4.74 Å². The monoisotopic (exact) mass is 328 g/mol. The minimum absolute atomic E-state index is 0.124. The zero-order valence-corrected chi connectivity index (χ0v) is 14.0. The van der Waals surface area contributed by atoms with E-state index in [1.54, 1.807) is 12.1 Å². The Labute approximate surface area is 141 Å². The third-order valence-electron chi connectivity index (χ3n) is 3.51. The first-order valence-electron chi connectivity index (χ1n) is 7.76. The van der Waals surface area contributed by atoms with E-state index >= 15 is 0 Å². The third-order valence-corrected chi connectivity index (χ3v) is 3.51.